The van der Waals surface area contributed by atoms with Gasteiger partial charge < -0.3 is 14.6 Å². The molecule has 6 heteroatoms. The standard InChI is InChI=1S/C25H23F3O3/c1-2-3-22(29)20-11-7-17(24(27)25(20)28)13-30-18-8-4-15(5-9-18)19-10-6-16(12-21(19)26)23-14-31-23/h4-12,22-23,29H,2-3,13-14H2,1H3. The Hall–Kier alpha value is -2.83. The molecule has 0 bridgehead atoms. The second kappa shape index (κ2) is 9.12. The Balaban J connectivity index is 1.43. The minimum Gasteiger partial charge on any atom is -0.489 e. The fourth-order valence-corrected chi connectivity index (χ4v) is 3.50. The zero-order valence-corrected chi connectivity index (χ0v) is 17.1. The van der Waals surface area contributed by atoms with Crippen molar-refractivity contribution in [3.63, 3.8) is 0 Å². The van der Waals surface area contributed by atoms with E-state index in [1.807, 2.05) is 13.0 Å². The molecular formula is C25H23F3O3. The topological polar surface area (TPSA) is 42.0 Å². The molecule has 0 saturated carbocycles. The number of hydrogen-bond donors (Lipinski definition) is 1. The molecule has 1 aliphatic heterocycles. The van der Waals surface area contributed by atoms with Gasteiger partial charge in [0, 0.05) is 16.7 Å². The summed E-state index contributed by atoms with van der Waals surface area (Å²) in [5, 5.41) is 9.94. The average molecular weight is 428 g/mol. The van der Waals surface area contributed by atoms with Gasteiger partial charge in [0.1, 0.15) is 24.3 Å². The van der Waals surface area contributed by atoms with Crippen LogP contribution in [-0.2, 0) is 11.3 Å². The summed E-state index contributed by atoms with van der Waals surface area (Å²) in [7, 11) is 0. The number of aliphatic hydroxyl groups is 1. The molecule has 1 N–H and O–H groups in total. The molecule has 31 heavy (non-hydrogen) atoms. The number of aliphatic hydroxyl groups excluding tert-OH is 1. The van der Waals surface area contributed by atoms with Crippen LogP contribution in [0.15, 0.2) is 54.6 Å². The maximum atomic E-state index is 14.4. The van der Waals surface area contributed by atoms with Crippen LogP contribution in [0.3, 0.4) is 0 Å². The van der Waals surface area contributed by atoms with E-state index in [0.29, 0.717) is 36.3 Å². The average Bonchev–Trinajstić information content (AvgIpc) is 3.61. The number of rotatable bonds is 8. The number of epoxide rings is 1. The number of ether oxygens (including phenoxy) is 2. The Morgan fingerprint density at radius 3 is 2.42 bits per heavy atom. The van der Waals surface area contributed by atoms with Gasteiger partial charge in [0.25, 0.3) is 0 Å². The van der Waals surface area contributed by atoms with Crippen molar-refractivity contribution in [3.05, 3.63) is 88.7 Å². The van der Waals surface area contributed by atoms with Crippen LogP contribution in [0.25, 0.3) is 11.1 Å². The molecule has 1 heterocycles. The molecule has 0 radical (unpaired) electrons. The molecule has 0 aromatic heterocycles. The van der Waals surface area contributed by atoms with E-state index in [9.17, 15) is 18.3 Å². The Kier molecular flexibility index (Phi) is 6.30. The molecule has 4 rings (SSSR count). The van der Waals surface area contributed by atoms with Crippen molar-refractivity contribution < 1.29 is 27.8 Å². The van der Waals surface area contributed by atoms with Gasteiger partial charge in [-0.2, -0.15) is 0 Å². The molecule has 3 aromatic carbocycles. The van der Waals surface area contributed by atoms with Crippen molar-refractivity contribution >= 4 is 0 Å². The zero-order chi connectivity index (χ0) is 22.0. The number of benzene rings is 3. The van der Waals surface area contributed by atoms with Gasteiger partial charge in [-0.1, -0.05) is 49.7 Å². The Bertz CT molecular complexity index is 1060. The van der Waals surface area contributed by atoms with Crippen LogP contribution < -0.4 is 4.74 Å². The van der Waals surface area contributed by atoms with E-state index in [1.165, 1.54) is 18.2 Å². The first-order valence-electron chi connectivity index (χ1n) is 10.3. The molecule has 2 unspecified atom stereocenters. The van der Waals surface area contributed by atoms with Crippen molar-refractivity contribution in [2.24, 2.45) is 0 Å². The highest BCUT2D eigenvalue weighted by Gasteiger charge is 2.25. The summed E-state index contributed by atoms with van der Waals surface area (Å²) >= 11 is 0. The maximum absolute atomic E-state index is 14.4. The minimum atomic E-state index is -1.05. The lowest BCUT2D eigenvalue weighted by Gasteiger charge is -2.14. The highest BCUT2D eigenvalue weighted by atomic mass is 19.2. The number of halogens is 3. The van der Waals surface area contributed by atoms with E-state index in [0.717, 1.165) is 5.56 Å². The summed E-state index contributed by atoms with van der Waals surface area (Å²) in [6, 6.07) is 14.6. The Morgan fingerprint density at radius 1 is 1.03 bits per heavy atom. The van der Waals surface area contributed by atoms with Crippen LogP contribution in [0.4, 0.5) is 13.2 Å². The lowest BCUT2D eigenvalue weighted by Crippen LogP contribution is -2.07. The third-order valence-corrected chi connectivity index (χ3v) is 5.37. The molecule has 0 aliphatic carbocycles. The van der Waals surface area contributed by atoms with Gasteiger partial charge >= 0.3 is 0 Å². The predicted octanol–water partition coefficient (Wildman–Crippen LogP) is 6.25. The predicted molar refractivity (Wildman–Crippen MR) is 111 cm³/mol. The first kappa shape index (κ1) is 21.4. The van der Waals surface area contributed by atoms with Gasteiger partial charge in [0.2, 0.25) is 0 Å². The van der Waals surface area contributed by atoms with E-state index >= 15 is 0 Å². The van der Waals surface area contributed by atoms with Crippen molar-refractivity contribution in [1.82, 2.24) is 0 Å². The van der Waals surface area contributed by atoms with Crippen molar-refractivity contribution in [2.45, 2.75) is 38.6 Å². The third kappa shape index (κ3) is 4.75. The van der Waals surface area contributed by atoms with Crippen LogP contribution in [0.1, 0.15) is 48.7 Å². The molecule has 2 atom stereocenters. The molecule has 3 nitrogen and oxygen atoms in total. The molecule has 0 spiro atoms. The second-order valence-electron chi connectivity index (χ2n) is 7.62. The minimum absolute atomic E-state index is 0.00599. The van der Waals surface area contributed by atoms with Crippen LogP contribution >= 0.6 is 0 Å². The van der Waals surface area contributed by atoms with Crippen LogP contribution in [0, 0.1) is 17.5 Å². The maximum Gasteiger partial charge on any atom is 0.165 e. The summed E-state index contributed by atoms with van der Waals surface area (Å²) in [5.74, 6) is -1.95. The normalized spacial score (nSPS) is 16.2. The first-order chi connectivity index (χ1) is 15.0. The van der Waals surface area contributed by atoms with E-state index in [4.69, 9.17) is 9.47 Å². The highest BCUT2D eigenvalue weighted by molar-refractivity contribution is 5.65. The molecule has 1 saturated heterocycles. The van der Waals surface area contributed by atoms with Crippen LogP contribution in [0.2, 0.25) is 0 Å². The molecule has 1 fully saturated rings. The SMILES string of the molecule is CCCC(O)c1ccc(COc2ccc(-c3ccc(C4CO4)cc3F)cc2)c(F)c1F. The van der Waals surface area contributed by atoms with E-state index in [-0.39, 0.29) is 29.7 Å². The van der Waals surface area contributed by atoms with Gasteiger partial charge in [-0.15, -0.1) is 0 Å². The highest BCUT2D eigenvalue weighted by Crippen LogP contribution is 2.33. The summed E-state index contributed by atoms with van der Waals surface area (Å²) in [5.41, 5.74) is 1.97. The lowest BCUT2D eigenvalue weighted by atomic mass is 10.0. The molecule has 0 amide bonds. The Morgan fingerprint density at radius 2 is 1.77 bits per heavy atom. The van der Waals surface area contributed by atoms with Crippen molar-refractivity contribution in [2.75, 3.05) is 6.61 Å². The van der Waals surface area contributed by atoms with E-state index in [1.54, 1.807) is 30.3 Å². The van der Waals surface area contributed by atoms with Crippen molar-refractivity contribution in [1.29, 1.82) is 0 Å². The van der Waals surface area contributed by atoms with Crippen molar-refractivity contribution in [3.8, 4) is 16.9 Å². The van der Waals surface area contributed by atoms with E-state index < -0.39 is 17.7 Å². The molecule has 162 valence electrons. The molecular weight excluding hydrogens is 405 g/mol. The largest absolute Gasteiger partial charge is 0.489 e. The van der Waals surface area contributed by atoms with Gasteiger partial charge in [0.05, 0.1) is 12.7 Å². The first-order valence-corrected chi connectivity index (χ1v) is 10.3. The van der Waals surface area contributed by atoms with Gasteiger partial charge in [-0.3, -0.25) is 0 Å². The van der Waals surface area contributed by atoms with Crippen LogP contribution in [0.5, 0.6) is 5.75 Å². The monoisotopic (exact) mass is 428 g/mol. The molecule has 1 aliphatic rings. The molecule has 3 aromatic rings. The summed E-state index contributed by atoms with van der Waals surface area (Å²) in [4.78, 5) is 0. The summed E-state index contributed by atoms with van der Waals surface area (Å²) in [6.07, 6.45) is -0.0238. The summed E-state index contributed by atoms with van der Waals surface area (Å²) < 4.78 is 53.8. The number of hydrogen-bond acceptors (Lipinski definition) is 3. The lowest BCUT2D eigenvalue weighted by molar-refractivity contribution is 0.160. The zero-order valence-electron chi connectivity index (χ0n) is 17.1. The second-order valence-corrected chi connectivity index (χ2v) is 7.62. The van der Waals surface area contributed by atoms with Gasteiger partial charge in [-0.25, -0.2) is 13.2 Å². The van der Waals surface area contributed by atoms with Gasteiger partial charge in [0.15, 0.2) is 11.6 Å². The quantitative estimate of drug-likeness (QED) is 0.431. The fourth-order valence-electron chi connectivity index (χ4n) is 3.50. The fraction of sp³-hybridized carbons (Fsp3) is 0.280. The van der Waals surface area contributed by atoms with Crippen LogP contribution in [-0.4, -0.2) is 11.7 Å². The van der Waals surface area contributed by atoms with E-state index in [2.05, 4.69) is 0 Å². The Labute approximate surface area is 179 Å². The summed E-state index contributed by atoms with van der Waals surface area (Å²) in [6.45, 7) is 2.31. The van der Waals surface area contributed by atoms with Gasteiger partial charge in [-0.05, 0) is 35.7 Å². The smallest absolute Gasteiger partial charge is 0.165 e. The third-order valence-electron chi connectivity index (χ3n) is 5.37.